The van der Waals surface area contributed by atoms with Gasteiger partial charge in [-0.05, 0) is 18.4 Å². The van der Waals surface area contributed by atoms with Crippen LogP contribution in [0.25, 0.3) is 0 Å². The molecule has 2 unspecified atom stereocenters. The Morgan fingerprint density at radius 1 is 1.45 bits per heavy atom. The van der Waals surface area contributed by atoms with Crippen LogP contribution in [0.1, 0.15) is 18.9 Å². The summed E-state index contributed by atoms with van der Waals surface area (Å²) in [6.07, 6.45) is 1.82. The quantitative estimate of drug-likeness (QED) is 0.885. The molecular formula is C16H24N2O2. The third-order valence-electron chi connectivity index (χ3n) is 3.86. The second-order valence-electron chi connectivity index (χ2n) is 5.31. The van der Waals surface area contributed by atoms with E-state index in [1.165, 1.54) is 0 Å². The molecule has 1 saturated heterocycles. The summed E-state index contributed by atoms with van der Waals surface area (Å²) in [6.45, 7) is 4.49. The van der Waals surface area contributed by atoms with E-state index in [9.17, 15) is 4.79 Å². The van der Waals surface area contributed by atoms with E-state index in [1.807, 2.05) is 35.2 Å². The fourth-order valence-corrected chi connectivity index (χ4v) is 2.59. The highest BCUT2D eigenvalue weighted by molar-refractivity contribution is 5.79. The predicted octanol–water partition coefficient (Wildman–Crippen LogP) is 1.44. The molecule has 1 aromatic rings. The molecule has 4 heteroatoms. The first-order chi connectivity index (χ1) is 9.74. The molecule has 0 saturated carbocycles. The number of rotatable bonds is 5. The molecule has 2 N–H and O–H groups in total. The SMILES string of the molecule is CCC1CN(C(=O)C(CN)Cc2ccccc2)CCO1. The number of hydrogen-bond acceptors (Lipinski definition) is 3. The van der Waals surface area contributed by atoms with E-state index in [0.717, 1.165) is 12.0 Å². The van der Waals surface area contributed by atoms with Crippen molar-refractivity contribution in [2.45, 2.75) is 25.9 Å². The maximum atomic E-state index is 12.6. The Morgan fingerprint density at radius 2 is 2.20 bits per heavy atom. The highest BCUT2D eigenvalue weighted by atomic mass is 16.5. The van der Waals surface area contributed by atoms with Gasteiger partial charge in [-0.3, -0.25) is 4.79 Å². The Morgan fingerprint density at radius 3 is 2.85 bits per heavy atom. The lowest BCUT2D eigenvalue weighted by Crippen LogP contribution is -2.49. The van der Waals surface area contributed by atoms with Crippen molar-refractivity contribution < 1.29 is 9.53 Å². The average molecular weight is 276 g/mol. The maximum Gasteiger partial charge on any atom is 0.227 e. The van der Waals surface area contributed by atoms with Crippen LogP contribution >= 0.6 is 0 Å². The lowest BCUT2D eigenvalue weighted by molar-refractivity contribution is -0.142. The molecule has 1 aliphatic rings. The van der Waals surface area contributed by atoms with Crippen molar-refractivity contribution in [1.82, 2.24) is 4.90 Å². The molecule has 0 aliphatic carbocycles. The van der Waals surface area contributed by atoms with Crippen molar-refractivity contribution in [2.75, 3.05) is 26.2 Å². The summed E-state index contributed by atoms with van der Waals surface area (Å²) >= 11 is 0. The first-order valence-electron chi connectivity index (χ1n) is 7.39. The van der Waals surface area contributed by atoms with Crippen LogP contribution in [0.2, 0.25) is 0 Å². The Kier molecular flexibility index (Phi) is 5.56. The number of benzene rings is 1. The molecule has 2 rings (SSSR count). The molecule has 0 aromatic heterocycles. The second-order valence-corrected chi connectivity index (χ2v) is 5.31. The summed E-state index contributed by atoms with van der Waals surface area (Å²) in [6, 6.07) is 10.1. The lowest BCUT2D eigenvalue weighted by Gasteiger charge is -2.34. The van der Waals surface area contributed by atoms with Gasteiger partial charge in [0.2, 0.25) is 5.91 Å². The van der Waals surface area contributed by atoms with E-state index < -0.39 is 0 Å². The fourth-order valence-electron chi connectivity index (χ4n) is 2.59. The molecule has 2 atom stereocenters. The Bertz CT molecular complexity index is 422. The van der Waals surface area contributed by atoms with Gasteiger partial charge in [0.15, 0.2) is 0 Å². The molecule has 1 aliphatic heterocycles. The van der Waals surface area contributed by atoms with Gasteiger partial charge in [0, 0.05) is 19.6 Å². The number of morpholine rings is 1. The average Bonchev–Trinajstić information content (AvgIpc) is 2.53. The number of ether oxygens (including phenoxy) is 1. The van der Waals surface area contributed by atoms with Crippen LogP contribution in [-0.2, 0) is 16.0 Å². The number of hydrogen-bond donors (Lipinski definition) is 1. The molecule has 0 bridgehead atoms. The molecule has 1 fully saturated rings. The highest BCUT2D eigenvalue weighted by Gasteiger charge is 2.28. The van der Waals surface area contributed by atoms with Gasteiger partial charge in [0.05, 0.1) is 18.6 Å². The summed E-state index contributed by atoms with van der Waals surface area (Å²) in [4.78, 5) is 14.5. The van der Waals surface area contributed by atoms with E-state index in [0.29, 0.717) is 32.7 Å². The Hall–Kier alpha value is -1.39. The van der Waals surface area contributed by atoms with Gasteiger partial charge < -0.3 is 15.4 Å². The van der Waals surface area contributed by atoms with Crippen molar-refractivity contribution in [3.8, 4) is 0 Å². The summed E-state index contributed by atoms with van der Waals surface area (Å²) in [5.74, 6) is 0.0334. The largest absolute Gasteiger partial charge is 0.375 e. The molecule has 0 radical (unpaired) electrons. The van der Waals surface area contributed by atoms with Gasteiger partial charge in [-0.15, -0.1) is 0 Å². The summed E-state index contributed by atoms with van der Waals surface area (Å²) in [7, 11) is 0. The third kappa shape index (κ3) is 3.81. The van der Waals surface area contributed by atoms with E-state index in [2.05, 4.69) is 6.92 Å². The molecule has 0 spiro atoms. The van der Waals surface area contributed by atoms with Crippen LogP contribution in [0.15, 0.2) is 30.3 Å². The number of nitrogens with zero attached hydrogens (tertiary/aromatic N) is 1. The highest BCUT2D eigenvalue weighted by Crippen LogP contribution is 2.15. The van der Waals surface area contributed by atoms with Gasteiger partial charge in [0.25, 0.3) is 0 Å². The van der Waals surface area contributed by atoms with Crippen molar-refractivity contribution >= 4 is 5.91 Å². The normalized spacial score (nSPS) is 20.7. The van der Waals surface area contributed by atoms with E-state index in [4.69, 9.17) is 10.5 Å². The van der Waals surface area contributed by atoms with Gasteiger partial charge in [-0.1, -0.05) is 37.3 Å². The van der Waals surface area contributed by atoms with Gasteiger partial charge in [-0.2, -0.15) is 0 Å². The molecule has 4 nitrogen and oxygen atoms in total. The van der Waals surface area contributed by atoms with Crippen molar-refractivity contribution in [3.63, 3.8) is 0 Å². The minimum atomic E-state index is -0.131. The monoisotopic (exact) mass is 276 g/mol. The fraction of sp³-hybridized carbons (Fsp3) is 0.562. The molecule has 1 heterocycles. The predicted molar refractivity (Wildman–Crippen MR) is 79.3 cm³/mol. The zero-order chi connectivity index (χ0) is 14.4. The van der Waals surface area contributed by atoms with Crippen LogP contribution in [0, 0.1) is 5.92 Å². The lowest BCUT2D eigenvalue weighted by atomic mass is 9.97. The summed E-state index contributed by atoms with van der Waals surface area (Å²) in [5, 5.41) is 0. The van der Waals surface area contributed by atoms with Crippen molar-refractivity contribution in [3.05, 3.63) is 35.9 Å². The summed E-state index contributed by atoms with van der Waals surface area (Å²) in [5.41, 5.74) is 6.98. The minimum Gasteiger partial charge on any atom is -0.375 e. The standard InChI is InChI=1S/C16H24N2O2/c1-2-15-12-18(8-9-20-15)16(19)14(11-17)10-13-6-4-3-5-7-13/h3-7,14-15H,2,8-12,17H2,1H3. The zero-order valence-corrected chi connectivity index (χ0v) is 12.1. The molecule has 1 aromatic carbocycles. The van der Waals surface area contributed by atoms with Crippen LogP contribution in [0.5, 0.6) is 0 Å². The molecular weight excluding hydrogens is 252 g/mol. The molecule has 110 valence electrons. The summed E-state index contributed by atoms with van der Waals surface area (Å²) < 4.78 is 5.61. The topological polar surface area (TPSA) is 55.6 Å². The first-order valence-corrected chi connectivity index (χ1v) is 7.39. The Balaban J connectivity index is 1.98. The van der Waals surface area contributed by atoms with Crippen molar-refractivity contribution in [2.24, 2.45) is 11.7 Å². The number of carbonyl (C=O) groups excluding carboxylic acids is 1. The third-order valence-corrected chi connectivity index (χ3v) is 3.86. The molecule has 1 amide bonds. The van der Waals surface area contributed by atoms with Crippen LogP contribution in [0.4, 0.5) is 0 Å². The van der Waals surface area contributed by atoms with Crippen LogP contribution in [0.3, 0.4) is 0 Å². The number of carbonyl (C=O) groups is 1. The van der Waals surface area contributed by atoms with Crippen LogP contribution in [-0.4, -0.2) is 43.2 Å². The number of amides is 1. The van der Waals surface area contributed by atoms with E-state index in [1.54, 1.807) is 0 Å². The van der Waals surface area contributed by atoms with Gasteiger partial charge >= 0.3 is 0 Å². The maximum absolute atomic E-state index is 12.6. The van der Waals surface area contributed by atoms with Gasteiger partial charge in [0.1, 0.15) is 0 Å². The number of nitrogens with two attached hydrogens (primary N) is 1. The smallest absolute Gasteiger partial charge is 0.227 e. The van der Waals surface area contributed by atoms with E-state index >= 15 is 0 Å². The minimum absolute atomic E-state index is 0.131. The molecule has 20 heavy (non-hydrogen) atoms. The van der Waals surface area contributed by atoms with E-state index in [-0.39, 0.29) is 17.9 Å². The van der Waals surface area contributed by atoms with Crippen molar-refractivity contribution in [1.29, 1.82) is 0 Å². The Labute approximate surface area is 120 Å². The second kappa shape index (κ2) is 7.41. The first kappa shape index (κ1) is 15.0. The van der Waals surface area contributed by atoms with Gasteiger partial charge in [-0.25, -0.2) is 0 Å². The zero-order valence-electron chi connectivity index (χ0n) is 12.1. The van der Waals surface area contributed by atoms with Crippen LogP contribution < -0.4 is 5.73 Å².